The Morgan fingerprint density at radius 1 is 1.25 bits per heavy atom. The summed E-state index contributed by atoms with van der Waals surface area (Å²) in [5, 5.41) is 0. The highest BCUT2D eigenvalue weighted by molar-refractivity contribution is 5.46. The molecule has 1 aliphatic heterocycles. The largest absolute Gasteiger partial charge is 0.493 e. The maximum atomic E-state index is 6.02. The third-order valence-electron chi connectivity index (χ3n) is 4.53. The van der Waals surface area contributed by atoms with Crippen LogP contribution in [-0.2, 0) is 6.54 Å². The first kappa shape index (κ1) is 16.8. The molecule has 5 nitrogen and oxygen atoms in total. The highest BCUT2D eigenvalue weighted by atomic mass is 16.5. The van der Waals surface area contributed by atoms with Crippen LogP contribution in [0.2, 0.25) is 0 Å². The van der Waals surface area contributed by atoms with Crippen molar-refractivity contribution >= 4 is 0 Å². The van der Waals surface area contributed by atoms with Crippen LogP contribution in [0.1, 0.15) is 38.3 Å². The Balaban J connectivity index is 1.66. The Hall–Kier alpha value is -2.01. The van der Waals surface area contributed by atoms with Crippen molar-refractivity contribution in [1.82, 2.24) is 14.5 Å². The lowest BCUT2D eigenvalue weighted by Crippen LogP contribution is -2.34. The van der Waals surface area contributed by atoms with Gasteiger partial charge in [-0.3, -0.25) is 4.90 Å². The molecule has 1 aromatic carbocycles. The van der Waals surface area contributed by atoms with Crippen LogP contribution in [0.25, 0.3) is 0 Å². The van der Waals surface area contributed by atoms with Crippen molar-refractivity contribution in [3.63, 3.8) is 0 Å². The minimum absolute atomic E-state index is 0.132. The molecule has 2 aromatic rings. The zero-order valence-corrected chi connectivity index (χ0v) is 14.8. The standard InChI is InChI=1S/C19H27N3O2/c1-15(2)24-19-16(5-4-6-18(19)23-3)13-21-10-7-17(8-11-21)22-12-9-20-14-22/h4-6,9,12,14-15,17H,7-8,10-11,13H2,1-3H3. The van der Waals surface area contributed by atoms with Crippen LogP contribution in [0.4, 0.5) is 0 Å². The fraction of sp³-hybridized carbons (Fsp3) is 0.526. The molecule has 1 fully saturated rings. The number of ether oxygens (including phenoxy) is 2. The van der Waals surface area contributed by atoms with Crippen molar-refractivity contribution in [2.45, 2.75) is 45.4 Å². The topological polar surface area (TPSA) is 39.5 Å². The molecule has 1 aromatic heterocycles. The maximum Gasteiger partial charge on any atom is 0.166 e. The SMILES string of the molecule is COc1cccc(CN2CCC(n3ccnc3)CC2)c1OC(C)C. The molecule has 130 valence electrons. The number of rotatable bonds is 6. The zero-order chi connectivity index (χ0) is 16.9. The number of para-hydroxylation sites is 1. The van der Waals surface area contributed by atoms with Crippen LogP contribution >= 0.6 is 0 Å². The molecule has 0 N–H and O–H groups in total. The van der Waals surface area contributed by atoms with Gasteiger partial charge in [0, 0.05) is 43.6 Å². The van der Waals surface area contributed by atoms with E-state index in [9.17, 15) is 0 Å². The summed E-state index contributed by atoms with van der Waals surface area (Å²) in [6.07, 6.45) is 8.29. The fourth-order valence-electron chi connectivity index (χ4n) is 3.32. The number of imidazole rings is 1. The maximum absolute atomic E-state index is 6.02. The number of methoxy groups -OCH3 is 1. The molecule has 0 bridgehead atoms. The van der Waals surface area contributed by atoms with Gasteiger partial charge in [-0.15, -0.1) is 0 Å². The lowest BCUT2D eigenvalue weighted by atomic mass is 10.0. The molecule has 0 unspecified atom stereocenters. The summed E-state index contributed by atoms with van der Waals surface area (Å²) < 4.78 is 13.7. The fourth-order valence-corrected chi connectivity index (χ4v) is 3.32. The summed E-state index contributed by atoms with van der Waals surface area (Å²) >= 11 is 0. The second kappa shape index (κ2) is 7.71. The number of hydrogen-bond donors (Lipinski definition) is 0. The van der Waals surface area contributed by atoms with E-state index in [4.69, 9.17) is 9.47 Å². The molecule has 0 spiro atoms. The third-order valence-corrected chi connectivity index (χ3v) is 4.53. The first-order chi connectivity index (χ1) is 11.7. The molecular weight excluding hydrogens is 302 g/mol. The first-order valence-electron chi connectivity index (χ1n) is 8.69. The summed E-state index contributed by atoms with van der Waals surface area (Å²) in [6.45, 7) is 7.16. The number of piperidine rings is 1. The Kier molecular flexibility index (Phi) is 5.41. The molecule has 1 aliphatic rings. The van der Waals surface area contributed by atoms with Gasteiger partial charge in [0.05, 0.1) is 19.5 Å². The number of likely N-dealkylation sites (tertiary alicyclic amines) is 1. The number of benzene rings is 1. The number of hydrogen-bond acceptors (Lipinski definition) is 4. The molecule has 0 radical (unpaired) electrons. The highest BCUT2D eigenvalue weighted by Gasteiger charge is 2.22. The van der Waals surface area contributed by atoms with Crippen LogP contribution in [0.15, 0.2) is 36.9 Å². The minimum atomic E-state index is 0.132. The van der Waals surface area contributed by atoms with Crippen LogP contribution in [0.5, 0.6) is 11.5 Å². The Labute approximate surface area is 144 Å². The summed E-state index contributed by atoms with van der Waals surface area (Å²) in [5.41, 5.74) is 1.20. The summed E-state index contributed by atoms with van der Waals surface area (Å²) in [5.74, 6) is 1.70. The van der Waals surface area contributed by atoms with Crippen molar-refractivity contribution in [1.29, 1.82) is 0 Å². The Morgan fingerprint density at radius 2 is 2.04 bits per heavy atom. The normalized spacial score (nSPS) is 16.5. The summed E-state index contributed by atoms with van der Waals surface area (Å²) in [6, 6.07) is 6.72. The van der Waals surface area contributed by atoms with E-state index in [2.05, 4.69) is 26.7 Å². The molecule has 0 amide bonds. The van der Waals surface area contributed by atoms with Crippen molar-refractivity contribution in [3.8, 4) is 11.5 Å². The van der Waals surface area contributed by atoms with E-state index >= 15 is 0 Å². The average Bonchev–Trinajstić information content (AvgIpc) is 3.11. The van der Waals surface area contributed by atoms with Gasteiger partial charge >= 0.3 is 0 Å². The van der Waals surface area contributed by atoms with E-state index in [0.29, 0.717) is 6.04 Å². The number of nitrogens with zero attached hydrogens (tertiary/aromatic N) is 3. The Bertz CT molecular complexity index is 632. The highest BCUT2D eigenvalue weighted by Crippen LogP contribution is 2.33. The second-order valence-electron chi connectivity index (χ2n) is 6.63. The molecule has 0 aliphatic carbocycles. The van der Waals surface area contributed by atoms with Gasteiger partial charge in [0.25, 0.3) is 0 Å². The predicted octanol–water partition coefficient (Wildman–Crippen LogP) is 3.52. The lowest BCUT2D eigenvalue weighted by molar-refractivity contribution is 0.173. The van der Waals surface area contributed by atoms with Gasteiger partial charge in [0.2, 0.25) is 0 Å². The summed E-state index contributed by atoms with van der Waals surface area (Å²) in [4.78, 5) is 6.66. The molecule has 0 saturated carbocycles. The van der Waals surface area contributed by atoms with Crippen molar-refractivity contribution in [2.75, 3.05) is 20.2 Å². The van der Waals surface area contributed by atoms with Gasteiger partial charge in [-0.2, -0.15) is 0 Å². The van der Waals surface area contributed by atoms with Gasteiger partial charge in [0.15, 0.2) is 11.5 Å². The molecular formula is C19H27N3O2. The van der Waals surface area contributed by atoms with Crippen LogP contribution in [0, 0.1) is 0 Å². The van der Waals surface area contributed by atoms with Crippen molar-refractivity contribution < 1.29 is 9.47 Å². The monoisotopic (exact) mass is 329 g/mol. The third kappa shape index (κ3) is 3.90. The molecule has 0 atom stereocenters. The predicted molar refractivity (Wildman–Crippen MR) is 94.5 cm³/mol. The van der Waals surface area contributed by atoms with E-state index in [1.807, 2.05) is 38.5 Å². The smallest absolute Gasteiger partial charge is 0.166 e. The number of aromatic nitrogens is 2. The van der Waals surface area contributed by atoms with E-state index in [1.165, 1.54) is 5.56 Å². The van der Waals surface area contributed by atoms with Gasteiger partial charge in [-0.25, -0.2) is 4.98 Å². The molecule has 2 heterocycles. The van der Waals surface area contributed by atoms with E-state index < -0.39 is 0 Å². The quantitative estimate of drug-likeness (QED) is 0.813. The van der Waals surface area contributed by atoms with Crippen molar-refractivity contribution in [2.24, 2.45) is 0 Å². The zero-order valence-electron chi connectivity index (χ0n) is 14.8. The average molecular weight is 329 g/mol. The van der Waals surface area contributed by atoms with E-state index in [1.54, 1.807) is 7.11 Å². The minimum Gasteiger partial charge on any atom is -0.493 e. The van der Waals surface area contributed by atoms with Crippen molar-refractivity contribution in [3.05, 3.63) is 42.5 Å². The second-order valence-corrected chi connectivity index (χ2v) is 6.63. The van der Waals surface area contributed by atoms with E-state index in [-0.39, 0.29) is 6.10 Å². The molecule has 3 rings (SSSR count). The molecule has 5 heteroatoms. The first-order valence-corrected chi connectivity index (χ1v) is 8.69. The van der Waals surface area contributed by atoms with Gasteiger partial charge in [-0.05, 0) is 32.8 Å². The van der Waals surface area contributed by atoms with Gasteiger partial charge < -0.3 is 14.0 Å². The lowest BCUT2D eigenvalue weighted by Gasteiger charge is -2.33. The van der Waals surface area contributed by atoms with Gasteiger partial charge in [0.1, 0.15) is 0 Å². The van der Waals surface area contributed by atoms with Crippen LogP contribution in [0.3, 0.4) is 0 Å². The van der Waals surface area contributed by atoms with Gasteiger partial charge in [-0.1, -0.05) is 12.1 Å². The summed E-state index contributed by atoms with van der Waals surface area (Å²) in [7, 11) is 1.70. The molecule has 1 saturated heterocycles. The van der Waals surface area contributed by atoms with Crippen LogP contribution < -0.4 is 9.47 Å². The molecule has 24 heavy (non-hydrogen) atoms. The van der Waals surface area contributed by atoms with E-state index in [0.717, 1.165) is 44.0 Å². The Morgan fingerprint density at radius 3 is 2.67 bits per heavy atom. The van der Waals surface area contributed by atoms with Crippen LogP contribution in [-0.4, -0.2) is 40.8 Å².